The Kier molecular flexibility index (Phi) is 8.39. The SMILES string of the molecule is CCCCC[C@H]([N+](=O)[O-])P(=O)(OCC)OCC. The van der Waals surface area contributed by atoms with Gasteiger partial charge in [-0.2, -0.15) is 0 Å². The van der Waals surface area contributed by atoms with Gasteiger partial charge in [-0.3, -0.25) is 14.7 Å². The van der Waals surface area contributed by atoms with Crippen molar-refractivity contribution in [1.29, 1.82) is 0 Å². The molecule has 0 N–H and O–H groups in total. The van der Waals surface area contributed by atoms with Crippen LogP contribution in [0.4, 0.5) is 0 Å². The molecule has 0 saturated heterocycles. The number of rotatable bonds is 10. The van der Waals surface area contributed by atoms with Crippen LogP contribution in [0.2, 0.25) is 0 Å². The molecule has 0 aliphatic carbocycles. The highest BCUT2D eigenvalue weighted by molar-refractivity contribution is 7.54. The number of hydrogen-bond acceptors (Lipinski definition) is 5. The second-order valence-electron chi connectivity index (χ2n) is 3.64. The van der Waals surface area contributed by atoms with Gasteiger partial charge in [-0.1, -0.05) is 19.8 Å². The summed E-state index contributed by atoms with van der Waals surface area (Å²) in [5, 5.41) is 11.0. The summed E-state index contributed by atoms with van der Waals surface area (Å²) in [6, 6.07) is 0. The Morgan fingerprint density at radius 2 is 1.71 bits per heavy atom. The minimum atomic E-state index is -3.62. The Hall–Kier alpha value is -0.450. The summed E-state index contributed by atoms with van der Waals surface area (Å²) >= 11 is 0. The number of nitrogens with zero attached hydrogens (tertiary/aromatic N) is 1. The highest BCUT2D eigenvalue weighted by Gasteiger charge is 2.44. The zero-order valence-corrected chi connectivity index (χ0v) is 11.7. The maximum atomic E-state index is 12.3. The van der Waals surface area contributed by atoms with Crippen molar-refractivity contribution >= 4 is 7.60 Å². The van der Waals surface area contributed by atoms with Crippen molar-refractivity contribution in [2.75, 3.05) is 13.2 Å². The molecule has 0 radical (unpaired) electrons. The third-order valence-corrected chi connectivity index (χ3v) is 4.71. The first-order chi connectivity index (χ1) is 8.01. The minimum Gasteiger partial charge on any atom is -0.304 e. The lowest BCUT2D eigenvalue weighted by molar-refractivity contribution is -0.502. The summed E-state index contributed by atoms with van der Waals surface area (Å²) in [5.74, 6) is -1.24. The highest BCUT2D eigenvalue weighted by atomic mass is 31.2. The van der Waals surface area contributed by atoms with Gasteiger partial charge in [-0.05, 0) is 20.3 Å². The molecule has 7 heteroatoms. The van der Waals surface area contributed by atoms with Crippen molar-refractivity contribution in [3.8, 4) is 0 Å². The maximum Gasteiger partial charge on any atom is 0.403 e. The van der Waals surface area contributed by atoms with Gasteiger partial charge >= 0.3 is 13.4 Å². The Balaban J connectivity index is 4.71. The van der Waals surface area contributed by atoms with Crippen molar-refractivity contribution in [3.63, 3.8) is 0 Å². The molecular weight excluding hydrogens is 245 g/mol. The molecule has 0 rings (SSSR count). The Labute approximate surface area is 102 Å². The van der Waals surface area contributed by atoms with E-state index in [0.717, 1.165) is 12.8 Å². The first-order valence-corrected chi connectivity index (χ1v) is 7.65. The van der Waals surface area contributed by atoms with Gasteiger partial charge in [0.05, 0.1) is 13.2 Å². The van der Waals surface area contributed by atoms with Crippen LogP contribution in [0.15, 0.2) is 0 Å². The average Bonchev–Trinajstić information content (AvgIpc) is 2.24. The van der Waals surface area contributed by atoms with Gasteiger partial charge in [0, 0.05) is 11.3 Å². The van der Waals surface area contributed by atoms with E-state index in [1.807, 2.05) is 6.92 Å². The van der Waals surface area contributed by atoms with E-state index in [1.54, 1.807) is 13.8 Å². The van der Waals surface area contributed by atoms with E-state index in [0.29, 0.717) is 6.42 Å². The van der Waals surface area contributed by atoms with E-state index in [2.05, 4.69) is 0 Å². The molecule has 0 aromatic rings. The first-order valence-electron chi connectivity index (χ1n) is 6.04. The van der Waals surface area contributed by atoms with Crippen LogP contribution in [0.3, 0.4) is 0 Å². The Bertz CT molecular complexity index is 261. The van der Waals surface area contributed by atoms with Crippen molar-refractivity contribution in [2.45, 2.75) is 52.2 Å². The molecule has 0 aliphatic rings. The molecule has 0 aromatic heterocycles. The quantitative estimate of drug-likeness (QED) is 0.262. The molecule has 0 heterocycles. The lowest BCUT2D eigenvalue weighted by Crippen LogP contribution is -2.22. The van der Waals surface area contributed by atoms with E-state index < -0.39 is 18.3 Å². The predicted octanol–water partition coefficient (Wildman–Crippen LogP) is 3.44. The van der Waals surface area contributed by atoms with Crippen LogP contribution in [0.5, 0.6) is 0 Å². The summed E-state index contributed by atoms with van der Waals surface area (Å²) in [7, 11) is -3.62. The molecule has 102 valence electrons. The lowest BCUT2D eigenvalue weighted by atomic mass is 10.2. The third-order valence-electron chi connectivity index (χ3n) is 2.29. The van der Waals surface area contributed by atoms with Gasteiger partial charge in [-0.25, -0.2) is 0 Å². The number of nitro groups is 1. The fourth-order valence-electron chi connectivity index (χ4n) is 1.53. The topological polar surface area (TPSA) is 78.7 Å². The summed E-state index contributed by atoms with van der Waals surface area (Å²) < 4.78 is 22.3. The van der Waals surface area contributed by atoms with E-state index in [-0.39, 0.29) is 19.6 Å². The molecule has 1 atom stereocenters. The fourth-order valence-corrected chi connectivity index (χ4v) is 3.39. The van der Waals surface area contributed by atoms with Gasteiger partial charge in [0.15, 0.2) is 0 Å². The van der Waals surface area contributed by atoms with Crippen molar-refractivity contribution in [1.82, 2.24) is 0 Å². The van der Waals surface area contributed by atoms with Crippen LogP contribution >= 0.6 is 7.60 Å². The molecule has 6 nitrogen and oxygen atoms in total. The van der Waals surface area contributed by atoms with Gasteiger partial charge in [0.25, 0.3) is 0 Å². The minimum absolute atomic E-state index is 0.148. The summed E-state index contributed by atoms with van der Waals surface area (Å²) in [6.45, 7) is 5.60. The molecule has 0 aromatic carbocycles. The molecular formula is C10H22NO5P. The number of unbranched alkanes of at least 4 members (excludes halogenated alkanes) is 2. The van der Waals surface area contributed by atoms with Gasteiger partial charge < -0.3 is 9.05 Å². The molecule has 17 heavy (non-hydrogen) atoms. The van der Waals surface area contributed by atoms with Gasteiger partial charge in [0.1, 0.15) is 0 Å². The number of hydrogen-bond donors (Lipinski definition) is 0. The van der Waals surface area contributed by atoms with Crippen LogP contribution in [0.25, 0.3) is 0 Å². The smallest absolute Gasteiger partial charge is 0.304 e. The monoisotopic (exact) mass is 267 g/mol. The Morgan fingerprint density at radius 1 is 1.18 bits per heavy atom. The van der Waals surface area contributed by atoms with Crippen molar-refractivity contribution < 1.29 is 18.5 Å². The summed E-state index contributed by atoms with van der Waals surface area (Å²) in [5.41, 5.74) is 0. The van der Waals surface area contributed by atoms with Gasteiger partial charge in [-0.15, -0.1) is 0 Å². The predicted molar refractivity (Wildman–Crippen MR) is 65.8 cm³/mol. The van der Waals surface area contributed by atoms with E-state index in [1.165, 1.54) is 0 Å². The first kappa shape index (κ1) is 16.6. The van der Waals surface area contributed by atoms with Crippen LogP contribution in [0, 0.1) is 10.1 Å². The molecule has 0 bridgehead atoms. The second-order valence-corrected chi connectivity index (χ2v) is 5.83. The van der Waals surface area contributed by atoms with Crippen LogP contribution < -0.4 is 0 Å². The molecule has 0 amide bonds. The second kappa shape index (κ2) is 8.61. The molecule has 0 spiro atoms. The summed E-state index contributed by atoms with van der Waals surface area (Å²) in [6.07, 6.45) is 2.73. The van der Waals surface area contributed by atoms with E-state index in [9.17, 15) is 14.7 Å². The highest BCUT2D eigenvalue weighted by Crippen LogP contribution is 2.54. The van der Waals surface area contributed by atoms with Gasteiger partial charge in [0.2, 0.25) is 0 Å². The Morgan fingerprint density at radius 3 is 2.06 bits per heavy atom. The largest absolute Gasteiger partial charge is 0.403 e. The van der Waals surface area contributed by atoms with Crippen molar-refractivity contribution in [2.24, 2.45) is 0 Å². The lowest BCUT2D eigenvalue weighted by Gasteiger charge is -2.20. The molecule has 0 fully saturated rings. The maximum absolute atomic E-state index is 12.3. The van der Waals surface area contributed by atoms with Crippen LogP contribution in [0.1, 0.15) is 46.5 Å². The van der Waals surface area contributed by atoms with Crippen LogP contribution in [-0.4, -0.2) is 23.9 Å². The zero-order chi connectivity index (χ0) is 13.3. The van der Waals surface area contributed by atoms with Crippen LogP contribution in [-0.2, 0) is 13.6 Å². The molecule has 0 saturated carbocycles. The molecule has 0 aliphatic heterocycles. The third kappa shape index (κ3) is 5.61. The average molecular weight is 267 g/mol. The standard InChI is InChI=1S/C10H22NO5P/c1-4-7-8-9-10(11(12)13)17(14,15-5-2)16-6-3/h10H,4-9H2,1-3H3/t10-/m1/s1. The van der Waals surface area contributed by atoms with E-state index >= 15 is 0 Å². The van der Waals surface area contributed by atoms with E-state index in [4.69, 9.17) is 9.05 Å². The molecule has 0 unspecified atom stereocenters. The zero-order valence-electron chi connectivity index (χ0n) is 10.8. The fraction of sp³-hybridized carbons (Fsp3) is 1.00. The normalized spacial score (nSPS) is 13.6. The summed E-state index contributed by atoms with van der Waals surface area (Å²) in [4.78, 5) is 10.4. The van der Waals surface area contributed by atoms with Crippen molar-refractivity contribution in [3.05, 3.63) is 10.1 Å².